The Morgan fingerprint density at radius 1 is 1.06 bits per heavy atom. The number of pyridine rings is 1. The summed E-state index contributed by atoms with van der Waals surface area (Å²) in [6.07, 6.45) is 0.269. The van der Waals surface area contributed by atoms with Gasteiger partial charge in [0.1, 0.15) is 0 Å². The molecule has 0 aliphatic carbocycles. The second-order valence-corrected chi connectivity index (χ2v) is 8.32. The van der Waals surface area contributed by atoms with Gasteiger partial charge in [-0.3, -0.25) is 14.6 Å². The van der Waals surface area contributed by atoms with Gasteiger partial charge in [0, 0.05) is 34.8 Å². The quantitative estimate of drug-likeness (QED) is 0.444. The van der Waals surface area contributed by atoms with E-state index in [1.54, 1.807) is 0 Å². The molecule has 33 heavy (non-hydrogen) atoms. The lowest BCUT2D eigenvalue weighted by Crippen LogP contribution is -2.26. The SMILES string of the molecule is COc1[nH]c(=O)cc(C)c1CNC(=O)Cc1c(C)n(C(C)c2ccccc2)c2ccccc12. The second-order valence-electron chi connectivity index (χ2n) is 8.32. The van der Waals surface area contributed by atoms with Gasteiger partial charge in [0.05, 0.1) is 19.6 Å². The van der Waals surface area contributed by atoms with Gasteiger partial charge in [-0.05, 0) is 43.5 Å². The van der Waals surface area contributed by atoms with Crippen molar-refractivity contribution in [1.29, 1.82) is 0 Å². The molecule has 1 atom stereocenters. The van der Waals surface area contributed by atoms with Crippen LogP contribution < -0.4 is 15.6 Å². The lowest BCUT2D eigenvalue weighted by Gasteiger charge is -2.18. The molecule has 1 amide bonds. The van der Waals surface area contributed by atoms with Gasteiger partial charge in [-0.2, -0.15) is 0 Å². The molecular weight excluding hydrogens is 414 g/mol. The van der Waals surface area contributed by atoms with Gasteiger partial charge in [0.25, 0.3) is 5.56 Å². The highest BCUT2D eigenvalue weighted by atomic mass is 16.5. The summed E-state index contributed by atoms with van der Waals surface area (Å²) in [6.45, 7) is 6.38. The number of hydrogen-bond acceptors (Lipinski definition) is 3. The molecule has 6 heteroatoms. The van der Waals surface area contributed by atoms with Crippen molar-refractivity contribution in [3.8, 4) is 5.88 Å². The number of carbonyl (C=O) groups excluding carboxylic acids is 1. The van der Waals surface area contributed by atoms with Crippen LogP contribution in [0, 0.1) is 13.8 Å². The molecule has 1 unspecified atom stereocenters. The van der Waals surface area contributed by atoms with Crippen LogP contribution in [0.4, 0.5) is 0 Å². The molecule has 4 aromatic rings. The molecule has 170 valence electrons. The minimum atomic E-state index is -0.226. The van der Waals surface area contributed by atoms with Crippen LogP contribution in [0.3, 0.4) is 0 Å². The molecule has 4 rings (SSSR count). The van der Waals surface area contributed by atoms with Crippen LogP contribution in [0.2, 0.25) is 0 Å². The zero-order chi connectivity index (χ0) is 23.5. The molecule has 6 nitrogen and oxygen atoms in total. The summed E-state index contributed by atoms with van der Waals surface area (Å²) < 4.78 is 7.60. The third kappa shape index (κ3) is 4.42. The Balaban J connectivity index is 1.62. The van der Waals surface area contributed by atoms with E-state index in [-0.39, 0.29) is 30.5 Å². The minimum Gasteiger partial charge on any atom is -0.482 e. The van der Waals surface area contributed by atoms with Crippen LogP contribution in [0.25, 0.3) is 10.9 Å². The lowest BCUT2D eigenvalue weighted by atomic mass is 10.1. The van der Waals surface area contributed by atoms with Crippen molar-refractivity contribution >= 4 is 16.8 Å². The summed E-state index contributed by atoms with van der Waals surface area (Å²) in [7, 11) is 1.50. The predicted octanol–water partition coefficient (Wildman–Crippen LogP) is 4.42. The van der Waals surface area contributed by atoms with Crippen LogP contribution in [-0.4, -0.2) is 22.6 Å². The largest absolute Gasteiger partial charge is 0.482 e. The lowest BCUT2D eigenvalue weighted by molar-refractivity contribution is -0.120. The summed E-state index contributed by atoms with van der Waals surface area (Å²) >= 11 is 0. The van der Waals surface area contributed by atoms with Crippen LogP contribution >= 0.6 is 0 Å². The Hall–Kier alpha value is -3.80. The van der Waals surface area contributed by atoms with Gasteiger partial charge in [0.2, 0.25) is 5.91 Å². The Labute approximate surface area is 193 Å². The van der Waals surface area contributed by atoms with Gasteiger partial charge in [-0.25, -0.2) is 0 Å². The summed E-state index contributed by atoms with van der Waals surface area (Å²) in [5.74, 6) is 0.297. The highest BCUT2D eigenvalue weighted by molar-refractivity contribution is 5.91. The van der Waals surface area contributed by atoms with Crippen molar-refractivity contribution in [3.63, 3.8) is 0 Å². The number of methoxy groups -OCH3 is 1. The molecule has 0 saturated heterocycles. The molecule has 2 aromatic heterocycles. The number of para-hydroxylation sites is 1. The van der Waals surface area contributed by atoms with E-state index in [9.17, 15) is 9.59 Å². The first-order valence-corrected chi connectivity index (χ1v) is 11.1. The fourth-order valence-electron chi connectivity index (χ4n) is 4.55. The van der Waals surface area contributed by atoms with Crippen molar-refractivity contribution in [3.05, 3.63) is 99.0 Å². The maximum atomic E-state index is 13.0. The maximum absolute atomic E-state index is 13.0. The normalized spacial score (nSPS) is 12.0. The number of ether oxygens (including phenoxy) is 1. The molecule has 0 fully saturated rings. The molecule has 0 aliphatic rings. The van der Waals surface area contributed by atoms with Gasteiger partial charge >= 0.3 is 0 Å². The average molecular weight is 444 g/mol. The minimum absolute atomic E-state index is 0.0824. The van der Waals surface area contributed by atoms with Gasteiger partial charge in [0.15, 0.2) is 5.88 Å². The summed E-state index contributed by atoms with van der Waals surface area (Å²) in [5.41, 5.74) is 5.76. The Kier molecular flexibility index (Phi) is 6.36. The molecule has 0 aliphatic heterocycles. The van der Waals surface area contributed by atoms with E-state index >= 15 is 0 Å². The summed E-state index contributed by atoms with van der Waals surface area (Å²) in [6, 6.07) is 20.3. The standard InChI is InChI=1S/C27H29N3O3/c1-17-14-26(32)29-27(33-4)23(17)16-28-25(31)15-22-19(3)30(24-13-9-8-12-21(22)24)18(2)20-10-6-5-7-11-20/h5-14,18H,15-16H2,1-4H3,(H,28,31)(H,29,32). The first-order valence-electron chi connectivity index (χ1n) is 11.1. The van der Waals surface area contributed by atoms with E-state index in [1.165, 1.54) is 18.7 Å². The predicted molar refractivity (Wildman–Crippen MR) is 131 cm³/mol. The fourth-order valence-corrected chi connectivity index (χ4v) is 4.55. The second kappa shape index (κ2) is 9.36. The van der Waals surface area contributed by atoms with Crippen molar-refractivity contribution in [2.24, 2.45) is 0 Å². The number of nitrogens with one attached hydrogen (secondary N) is 2. The number of nitrogens with zero attached hydrogens (tertiary/aromatic N) is 1. The molecular formula is C27H29N3O3. The number of hydrogen-bond donors (Lipinski definition) is 2. The van der Waals surface area contributed by atoms with Crippen molar-refractivity contribution in [1.82, 2.24) is 14.9 Å². The Morgan fingerprint density at radius 2 is 1.76 bits per heavy atom. The number of aryl methyl sites for hydroxylation is 1. The zero-order valence-corrected chi connectivity index (χ0v) is 19.4. The Bertz CT molecular complexity index is 1350. The van der Waals surface area contributed by atoms with Crippen molar-refractivity contribution < 1.29 is 9.53 Å². The third-order valence-electron chi connectivity index (χ3n) is 6.29. The van der Waals surface area contributed by atoms with E-state index in [4.69, 9.17) is 4.74 Å². The van der Waals surface area contributed by atoms with E-state index < -0.39 is 0 Å². The molecule has 0 radical (unpaired) electrons. The number of amides is 1. The fraction of sp³-hybridized carbons (Fsp3) is 0.259. The third-order valence-corrected chi connectivity index (χ3v) is 6.29. The zero-order valence-electron chi connectivity index (χ0n) is 19.4. The summed E-state index contributed by atoms with van der Waals surface area (Å²) in [5, 5.41) is 4.08. The van der Waals surface area contributed by atoms with E-state index in [0.717, 1.165) is 33.3 Å². The molecule has 2 heterocycles. The van der Waals surface area contributed by atoms with E-state index in [0.29, 0.717) is 5.88 Å². The van der Waals surface area contributed by atoms with E-state index in [2.05, 4.69) is 53.0 Å². The number of fused-ring (bicyclic) bond motifs is 1. The number of carbonyl (C=O) groups is 1. The van der Waals surface area contributed by atoms with Crippen LogP contribution in [0.1, 0.15) is 40.9 Å². The van der Waals surface area contributed by atoms with Crippen LogP contribution in [0.5, 0.6) is 5.88 Å². The molecule has 0 saturated carbocycles. The van der Waals surface area contributed by atoms with Crippen LogP contribution in [-0.2, 0) is 17.8 Å². The first-order chi connectivity index (χ1) is 15.9. The van der Waals surface area contributed by atoms with Crippen molar-refractivity contribution in [2.45, 2.75) is 39.8 Å². The van der Waals surface area contributed by atoms with Crippen molar-refractivity contribution in [2.75, 3.05) is 7.11 Å². The molecule has 0 spiro atoms. The molecule has 2 aromatic carbocycles. The van der Waals surface area contributed by atoms with E-state index in [1.807, 2.05) is 37.3 Å². The summed E-state index contributed by atoms with van der Waals surface area (Å²) in [4.78, 5) is 27.3. The highest BCUT2D eigenvalue weighted by Gasteiger charge is 2.20. The topological polar surface area (TPSA) is 76.1 Å². The first kappa shape index (κ1) is 22.4. The monoisotopic (exact) mass is 443 g/mol. The average Bonchev–Trinajstić information content (AvgIpc) is 3.09. The number of rotatable bonds is 7. The molecule has 0 bridgehead atoms. The van der Waals surface area contributed by atoms with Crippen LogP contribution in [0.15, 0.2) is 65.5 Å². The van der Waals surface area contributed by atoms with Gasteiger partial charge in [-0.15, -0.1) is 0 Å². The number of H-pyrrole nitrogens is 1. The highest BCUT2D eigenvalue weighted by Crippen LogP contribution is 2.32. The number of aromatic amines is 1. The van der Waals surface area contributed by atoms with Gasteiger partial charge in [-0.1, -0.05) is 48.5 Å². The Morgan fingerprint density at radius 3 is 2.48 bits per heavy atom. The number of aromatic nitrogens is 2. The smallest absolute Gasteiger partial charge is 0.250 e. The number of benzene rings is 2. The molecule has 2 N–H and O–H groups in total. The maximum Gasteiger partial charge on any atom is 0.250 e. The van der Waals surface area contributed by atoms with Gasteiger partial charge < -0.3 is 14.6 Å².